The van der Waals surface area contributed by atoms with E-state index >= 15 is 0 Å². The fourth-order valence-electron chi connectivity index (χ4n) is 6.46. The topological polar surface area (TPSA) is 62.8 Å². The molecule has 40 heavy (non-hydrogen) atoms. The van der Waals surface area contributed by atoms with E-state index in [1.165, 1.54) is 22.6 Å². The summed E-state index contributed by atoms with van der Waals surface area (Å²) in [5, 5.41) is 9.93. The van der Waals surface area contributed by atoms with Crippen molar-refractivity contribution in [3.8, 4) is 0 Å². The Morgan fingerprint density at radius 2 is 1.80 bits per heavy atom. The molecular formula is C29H33F5N4O2. The van der Waals surface area contributed by atoms with Crippen molar-refractivity contribution >= 4 is 22.6 Å². The number of aliphatic carboxylic acids is 1. The van der Waals surface area contributed by atoms with Crippen molar-refractivity contribution in [3.05, 3.63) is 65.4 Å². The van der Waals surface area contributed by atoms with Crippen LogP contribution in [0.15, 0.2) is 42.5 Å². The molecule has 0 saturated carbocycles. The van der Waals surface area contributed by atoms with Crippen LogP contribution in [0.3, 0.4) is 0 Å². The lowest BCUT2D eigenvalue weighted by Crippen LogP contribution is -2.63. The maximum Gasteiger partial charge on any atom is 0.401 e. The van der Waals surface area contributed by atoms with E-state index < -0.39 is 30.3 Å². The molecule has 2 aromatic carbocycles. The lowest BCUT2D eigenvalue weighted by Gasteiger charge is -2.54. The molecule has 11 heteroatoms. The zero-order valence-corrected chi connectivity index (χ0v) is 22.3. The molecule has 2 saturated heterocycles. The molecule has 6 rings (SSSR count). The van der Waals surface area contributed by atoms with E-state index in [1.54, 1.807) is 0 Å². The number of carboxylic acids is 1. The maximum atomic E-state index is 13.3. The molecule has 2 fully saturated rings. The highest BCUT2D eigenvalue weighted by Crippen LogP contribution is 2.40. The van der Waals surface area contributed by atoms with Crippen molar-refractivity contribution in [3.63, 3.8) is 0 Å². The highest BCUT2D eigenvalue weighted by Gasteiger charge is 2.46. The van der Waals surface area contributed by atoms with Crippen LogP contribution in [0.2, 0.25) is 0 Å². The number of fused-ring (bicyclic) bond motifs is 3. The summed E-state index contributed by atoms with van der Waals surface area (Å²) in [4.78, 5) is 19.3. The average molecular weight is 565 g/mol. The summed E-state index contributed by atoms with van der Waals surface area (Å²) in [6, 6.07) is 11.4. The van der Waals surface area contributed by atoms with E-state index in [0.29, 0.717) is 18.7 Å². The molecule has 0 bridgehead atoms. The van der Waals surface area contributed by atoms with E-state index in [1.807, 2.05) is 41.0 Å². The first-order valence-corrected chi connectivity index (χ1v) is 13.4. The van der Waals surface area contributed by atoms with Crippen LogP contribution in [0, 0.1) is 17.0 Å². The number of piperidine rings is 1. The molecule has 1 aromatic heterocycles. The Hall–Kier alpha value is -3.18. The first-order chi connectivity index (χ1) is 18.9. The smallest absolute Gasteiger partial charge is 0.401 e. The van der Waals surface area contributed by atoms with Gasteiger partial charge in [-0.1, -0.05) is 18.2 Å². The van der Waals surface area contributed by atoms with E-state index in [9.17, 15) is 26.7 Å². The van der Waals surface area contributed by atoms with Crippen LogP contribution in [0.25, 0.3) is 10.9 Å². The summed E-state index contributed by atoms with van der Waals surface area (Å²) >= 11 is 0. The summed E-state index contributed by atoms with van der Waals surface area (Å²) in [6.45, 7) is 4.41. The molecule has 0 amide bonds. The van der Waals surface area contributed by atoms with Crippen molar-refractivity contribution < 1.29 is 31.9 Å². The fraction of sp³-hybridized carbons (Fsp3) is 0.483. The van der Waals surface area contributed by atoms with Crippen molar-refractivity contribution in [2.24, 2.45) is 5.41 Å². The van der Waals surface area contributed by atoms with E-state index in [2.05, 4.69) is 4.98 Å². The molecule has 1 unspecified atom stereocenters. The molecule has 1 atom stereocenters. The van der Waals surface area contributed by atoms with Crippen LogP contribution < -0.4 is 4.90 Å². The summed E-state index contributed by atoms with van der Waals surface area (Å²) < 4.78 is 64.3. The number of carbonyl (C=O) groups is 1. The summed E-state index contributed by atoms with van der Waals surface area (Å²) in [5.41, 5.74) is 3.73. The van der Waals surface area contributed by atoms with Gasteiger partial charge in [-0.05, 0) is 49.9 Å². The second-order valence-corrected chi connectivity index (χ2v) is 11.4. The van der Waals surface area contributed by atoms with E-state index in [0.717, 1.165) is 61.7 Å². The second kappa shape index (κ2) is 11.0. The van der Waals surface area contributed by atoms with Crippen molar-refractivity contribution in [2.75, 3.05) is 44.2 Å². The Labute approximate surface area is 229 Å². The summed E-state index contributed by atoms with van der Waals surface area (Å²) in [6.07, 6.45) is -1.48. The third-order valence-corrected chi connectivity index (χ3v) is 8.12. The minimum atomic E-state index is -4.14. The minimum Gasteiger partial charge on any atom is -0.480 e. The van der Waals surface area contributed by atoms with Crippen molar-refractivity contribution in [1.82, 2.24) is 14.8 Å². The molecule has 2 N–H and O–H groups in total. The van der Waals surface area contributed by atoms with Gasteiger partial charge in [0, 0.05) is 72.5 Å². The molecule has 4 heterocycles. The van der Waals surface area contributed by atoms with Gasteiger partial charge >= 0.3 is 12.1 Å². The van der Waals surface area contributed by atoms with Crippen LogP contribution in [-0.2, 0) is 17.8 Å². The summed E-state index contributed by atoms with van der Waals surface area (Å²) in [5.74, 6) is -1.94. The molecule has 1 spiro atoms. The van der Waals surface area contributed by atoms with Gasteiger partial charge in [0.05, 0.1) is 13.1 Å². The highest BCUT2D eigenvalue weighted by atomic mass is 19.4. The Balaban J connectivity index is 0.000000162. The quantitative estimate of drug-likeness (QED) is 0.414. The van der Waals surface area contributed by atoms with Gasteiger partial charge in [-0.25, -0.2) is 8.78 Å². The number of rotatable bonds is 4. The van der Waals surface area contributed by atoms with E-state index in [4.69, 9.17) is 5.11 Å². The SMILES string of the molecule is CC1Cc2c([nH]c3ccccc23)CN1CC(F)(F)F.O=C(O)CN1CC2(CCCN(c3cc(F)cc(F)c3)C2)C1. The number of H-pyrrole nitrogens is 1. The lowest BCUT2D eigenvalue weighted by molar-refractivity contribution is -0.152. The second-order valence-electron chi connectivity index (χ2n) is 11.4. The van der Waals surface area contributed by atoms with Crippen molar-refractivity contribution in [1.29, 1.82) is 0 Å². The predicted molar refractivity (Wildman–Crippen MR) is 142 cm³/mol. The number of alkyl halides is 3. The number of halogens is 5. The number of para-hydroxylation sites is 1. The standard InChI is InChI=1S/C15H18F2N2O2.C14H15F3N2/c16-11-4-12(17)6-13(5-11)19-3-1-2-15(10-19)8-18(9-15)7-14(20)21;1-9-6-11-10-4-2-3-5-12(10)18-13(11)7-19(9)8-14(15,16)17/h4-6H,1-3,7-10H2,(H,20,21);2-5,9,18H,6-8H2,1H3. The lowest BCUT2D eigenvalue weighted by atomic mass is 9.73. The first kappa shape index (κ1) is 28.4. The minimum absolute atomic E-state index is 0.0658. The number of aromatic nitrogens is 1. The monoisotopic (exact) mass is 564 g/mol. The van der Waals surface area contributed by atoms with Crippen LogP contribution in [0.5, 0.6) is 0 Å². The molecule has 6 nitrogen and oxygen atoms in total. The Bertz CT molecular complexity index is 1350. The third kappa shape index (κ3) is 6.41. The Kier molecular flexibility index (Phi) is 7.80. The summed E-state index contributed by atoms with van der Waals surface area (Å²) in [7, 11) is 0. The highest BCUT2D eigenvalue weighted by molar-refractivity contribution is 5.84. The van der Waals surface area contributed by atoms with Gasteiger partial charge in [0.2, 0.25) is 0 Å². The molecule has 3 aromatic rings. The number of nitrogens with one attached hydrogen (secondary N) is 1. The van der Waals surface area contributed by atoms with E-state index in [-0.39, 0.29) is 18.0 Å². The Morgan fingerprint density at radius 3 is 2.48 bits per heavy atom. The molecule has 3 aliphatic heterocycles. The normalized spacial score (nSPS) is 21.1. The first-order valence-electron chi connectivity index (χ1n) is 13.4. The van der Waals surface area contributed by atoms with Gasteiger partial charge in [0.25, 0.3) is 0 Å². The number of benzene rings is 2. The number of carboxylic acid groups (broad SMARTS) is 1. The molecule has 3 aliphatic rings. The molecular weight excluding hydrogens is 531 g/mol. The Morgan fingerprint density at radius 1 is 1.10 bits per heavy atom. The van der Waals surface area contributed by atoms with Crippen LogP contribution in [-0.4, -0.2) is 77.3 Å². The number of hydrogen-bond acceptors (Lipinski definition) is 4. The zero-order chi connectivity index (χ0) is 28.7. The van der Waals surface area contributed by atoms with Gasteiger partial charge in [0.15, 0.2) is 0 Å². The van der Waals surface area contributed by atoms with Gasteiger partial charge in [0.1, 0.15) is 11.6 Å². The van der Waals surface area contributed by atoms with Crippen LogP contribution in [0.1, 0.15) is 31.0 Å². The number of likely N-dealkylation sites (tertiary alicyclic amines) is 1. The number of hydrogen-bond donors (Lipinski definition) is 2. The number of nitrogens with zero attached hydrogens (tertiary/aromatic N) is 3. The largest absolute Gasteiger partial charge is 0.480 e. The van der Waals surface area contributed by atoms with Gasteiger partial charge in [-0.15, -0.1) is 0 Å². The predicted octanol–water partition coefficient (Wildman–Crippen LogP) is 5.43. The van der Waals surface area contributed by atoms with Crippen molar-refractivity contribution in [2.45, 2.75) is 44.9 Å². The number of anilines is 1. The fourth-order valence-corrected chi connectivity index (χ4v) is 6.46. The zero-order valence-electron chi connectivity index (χ0n) is 22.3. The van der Waals surface area contributed by atoms with Crippen LogP contribution >= 0.6 is 0 Å². The molecule has 216 valence electrons. The maximum absolute atomic E-state index is 13.3. The van der Waals surface area contributed by atoms with Crippen LogP contribution in [0.4, 0.5) is 27.6 Å². The van der Waals surface area contributed by atoms with Gasteiger partial charge in [-0.3, -0.25) is 14.6 Å². The molecule has 0 aliphatic carbocycles. The van der Waals surface area contributed by atoms with Gasteiger partial charge in [-0.2, -0.15) is 13.2 Å². The van der Waals surface area contributed by atoms with Gasteiger partial charge < -0.3 is 15.0 Å². The third-order valence-electron chi connectivity index (χ3n) is 8.12. The average Bonchev–Trinajstić information content (AvgIpc) is 3.19. The number of aromatic amines is 1. The molecule has 0 radical (unpaired) electrons.